The van der Waals surface area contributed by atoms with Gasteiger partial charge in [0.25, 0.3) is 0 Å². The number of nitrogens with one attached hydrogen (secondary N) is 1. The third-order valence-electron chi connectivity index (χ3n) is 3.96. The third-order valence-corrected chi connectivity index (χ3v) is 5.71. The number of urea groups is 1. The molecule has 1 aromatic carbocycles. The van der Waals surface area contributed by atoms with E-state index >= 15 is 0 Å². The molecule has 7 heteroatoms. The van der Waals surface area contributed by atoms with Crippen LogP contribution in [0.5, 0.6) is 0 Å². The van der Waals surface area contributed by atoms with Crippen molar-refractivity contribution in [3.8, 4) is 0 Å². The molecule has 0 aliphatic carbocycles. The van der Waals surface area contributed by atoms with Gasteiger partial charge in [-0.1, -0.05) is 12.1 Å². The Morgan fingerprint density at radius 1 is 1.41 bits per heavy atom. The fourth-order valence-electron chi connectivity index (χ4n) is 2.69. The Bertz CT molecular complexity index is 631. The molecule has 1 saturated heterocycles. The minimum absolute atomic E-state index is 0.0270. The first-order valence-corrected chi connectivity index (χ1v) is 9.17. The molecule has 2 atom stereocenters. The highest BCUT2D eigenvalue weighted by Gasteiger charge is 2.34. The van der Waals surface area contributed by atoms with Crippen LogP contribution in [0.3, 0.4) is 0 Å². The molecule has 2 amide bonds. The average Bonchev–Trinajstić information content (AvgIpc) is 2.80. The van der Waals surface area contributed by atoms with E-state index in [1.807, 2.05) is 13.8 Å². The van der Waals surface area contributed by atoms with E-state index in [1.54, 1.807) is 17.0 Å². The summed E-state index contributed by atoms with van der Waals surface area (Å²) >= 11 is 0. The number of carbonyl (C=O) groups is 1. The fourth-order valence-corrected chi connectivity index (χ4v) is 4.42. The van der Waals surface area contributed by atoms with Crippen molar-refractivity contribution >= 4 is 15.9 Å². The number of hydrogen-bond acceptors (Lipinski definition) is 3. The fraction of sp³-hybridized carbons (Fsp3) is 0.533. The van der Waals surface area contributed by atoms with Crippen LogP contribution in [-0.4, -0.2) is 43.4 Å². The molecule has 0 aromatic heterocycles. The van der Waals surface area contributed by atoms with E-state index in [0.29, 0.717) is 13.0 Å². The Morgan fingerprint density at radius 3 is 2.55 bits per heavy atom. The lowest BCUT2D eigenvalue weighted by Gasteiger charge is -2.28. The third kappa shape index (κ3) is 3.97. The first-order valence-electron chi connectivity index (χ1n) is 7.35. The summed E-state index contributed by atoms with van der Waals surface area (Å²) in [4.78, 5) is 13.9. The maximum atomic E-state index is 12.9. The van der Waals surface area contributed by atoms with Crippen molar-refractivity contribution in [1.29, 1.82) is 0 Å². The summed E-state index contributed by atoms with van der Waals surface area (Å²) in [5, 5.41) is 2.84. The SMILES string of the molecule is CCN(C(=O)NC(C)c1ccc(F)cc1)C1CCS(=O)(=O)C1. The van der Waals surface area contributed by atoms with Gasteiger partial charge in [-0.15, -0.1) is 0 Å². The molecule has 0 spiro atoms. The molecular weight excluding hydrogens is 307 g/mol. The van der Waals surface area contributed by atoms with Crippen LogP contribution in [0.4, 0.5) is 9.18 Å². The lowest BCUT2D eigenvalue weighted by Crippen LogP contribution is -2.47. The van der Waals surface area contributed by atoms with Crippen molar-refractivity contribution in [2.45, 2.75) is 32.4 Å². The predicted octanol–water partition coefficient (Wildman–Crippen LogP) is 2.11. The Morgan fingerprint density at radius 2 is 2.05 bits per heavy atom. The summed E-state index contributed by atoms with van der Waals surface area (Å²) in [7, 11) is -3.03. The number of amides is 2. The van der Waals surface area contributed by atoms with Crippen LogP contribution in [0.15, 0.2) is 24.3 Å². The van der Waals surface area contributed by atoms with Gasteiger partial charge in [0.2, 0.25) is 0 Å². The molecule has 1 aliphatic rings. The van der Waals surface area contributed by atoms with Crippen LogP contribution in [0.25, 0.3) is 0 Å². The quantitative estimate of drug-likeness (QED) is 0.920. The average molecular weight is 328 g/mol. The molecule has 0 radical (unpaired) electrons. The Hall–Kier alpha value is -1.63. The maximum absolute atomic E-state index is 12.9. The normalized spacial score (nSPS) is 21.3. The van der Waals surface area contributed by atoms with E-state index in [0.717, 1.165) is 5.56 Å². The highest BCUT2D eigenvalue weighted by Crippen LogP contribution is 2.19. The topological polar surface area (TPSA) is 66.5 Å². The molecule has 1 N–H and O–H groups in total. The number of rotatable bonds is 4. The van der Waals surface area contributed by atoms with Crippen LogP contribution in [0.1, 0.15) is 31.9 Å². The Labute approximate surface area is 130 Å². The zero-order chi connectivity index (χ0) is 16.3. The molecule has 1 aliphatic heterocycles. The molecule has 2 rings (SSSR count). The minimum atomic E-state index is -3.03. The van der Waals surface area contributed by atoms with Crippen molar-refractivity contribution in [3.63, 3.8) is 0 Å². The Balaban J connectivity index is 2.01. The monoisotopic (exact) mass is 328 g/mol. The van der Waals surface area contributed by atoms with Crippen molar-refractivity contribution < 1.29 is 17.6 Å². The summed E-state index contributed by atoms with van der Waals surface area (Å²) in [6.07, 6.45) is 0.481. The number of halogens is 1. The minimum Gasteiger partial charge on any atom is -0.331 e. The van der Waals surface area contributed by atoms with Gasteiger partial charge in [-0.05, 0) is 38.0 Å². The number of hydrogen-bond donors (Lipinski definition) is 1. The lowest BCUT2D eigenvalue weighted by molar-refractivity contribution is 0.180. The highest BCUT2D eigenvalue weighted by atomic mass is 32.2. The second-order valence-corrected chi connectivity index (χ2v) is 7.79. The van der Waals surface area contributed by atoms with Crippen LogP contribution in [0, 0.1) is 5.82 Å². The van der Waals surface area contributed by atoms with Crippen molar-refractivity contribution in [1.82, 2.24) is 10.2 Å². The first kappa shape index (κ1) is 16.7. The maximum Gasteiger partial charge on any atom is 0.318 e. The zero-order valence-electron chi connectivity index (χ0n) is 12.8. The van der Waals surface area contributed by atoms with Crippen LogP contribution in [0.2, 0.25) is 0 Å². The number of sulfone groups is 1. The van der Waals surface area contributed by atoms with Crippen LogP contribution in [-0.2, 0) is 9.84 Å². The van der Waals surface area contributed by atoms with E-state index < -0.39 is 9.84 Å². The van der Waals surface area contributed by atoms with Gasteiger partial charge in [-0.2, -0.15) is 0 Å². The highest BCUT2D eigenvalue weighted by molar-refractivity contribution is 7.91. The standard InChI is InChI=1S/C15H21FN2O3S/c1-3-18(14-8-9-22(20,21)10-14)15(19)17-11(2)12-4-6-13(16)7-5-12/h4-7,11,14H,3,8-10H2,1-2H3,(H,17,19). The second-order valence-electron chi connectivity index (χ2n) is 5.57. The molecule has 5 nitrogen and oxygen atoms in total. The summed E-state index contributed by atoms with van der Waals surface area (Å²) in [5.74, 6) is -0.164. The van der Waals surface area contributed by atoms with E-state index in [-0.39, 0.29) is 35.4 Å². The van der Waals surface area contributed by atoms with Crippen molar-refractivity contribution in [2.24, 2.45) is 0 Å². The van der Waals surface area contributed by atoms with Crippen LogP contribution < -0.4 is 5.32 Å². The molecule has 2 unspecified atom stereocenters. The molecule has 0 saturated carbocycles. The Kier molecular flexibility index (Phi) is 5.05. The first-order chi connectivity index (χ1) is 10.3. The second kappa shape index (κ2) is 6.64. The predicted molar refractivity (Wildman–Crippen MR) is 82.8 cm³/mol. The number of nitrogens with zero attached hydrogens (tertiary/aromatic N) is 1. The molecule has 1 aromatic rings. The summed E-state index contributed by atoms with van der Waals surface area (Å²) in [6, 6.07) is 5.10. The van der Waals surface area contributed by atoms with Gasteiger partial charge in [-0.25, -0.2) is 17.6 Å². The van der Waals surface area contributed by atoms with Gasteiger partial charge >= 0.3 is 6.03 Å². The molecule has 1 fully saturated rings. The van der Waals surface area contributed by atoms with Gasteiger partial charge in [0.05, 0.1) is 17.5 Å². The largest absolute Gasteiger partial charge is 0.331 e. The van der Waals surface area contributed by atoms with Crippen molar-refractivity contribution in [3.05, 3.63) is 35.6 Å². The van der Waals surface area contributed by atoms with Gasteiger partial charge in [0.15, 0.2) is 9.84 Å². The molecule has 22 heavy (non-hydrogen) atoms. The summed E-state index contributed by atoms with van der Waals surface area (Å²) in [6.45, 7) is 4.08. The molecule has 0 bridgehead atoms. The van der Waals surface area contributed by atoms with Gasteiger partial charge in [-0.3, -0.25) is 0 Å². The lowest BCUT2D eigenvalue weighted by atomic mass is 10.1. The van der Waals surface area contributed by atoms with E-state index in [2.05, 4.69) is 5.32 Å². The van der Waals surface area contributed by atoms with Crippen LogP contribution >= 0.6 is 0 Å². The molecular formula is C15H21FN2O3S. The van der Waals surface area contributed by atoms with Gasteiger partial charge in [0, 0.05) is 12.6 Å². The summed E-state index contributed by atoms with van der Waals surface area (Å²) in [5.41, 5.74) is 0.796. The molecule has 1 heterocycles. The van der Waals surface area contributed by atoms with Gasteiger partial charge in [0.1, 0.15) is 5.82 Å². The summed E-state index contributed by atoms with van der Waals surface area (Å²) < 4.78 is 36.1. The smallest absolute Gasteiger partial charge is 0.318 e. The number of benzene rings is 1. The molecule has 122 valence electrons. The zero-order valence-corrected chi connectivity index (χ0v) is 13.6. The van der Waals surface area contributed by atoms with E-state index in [9.17, 15) is 17.6 Å². The number of carbonyl (C=O) groups excluding carboxylic acids is 1. The van der Waals surface area contributed by atoms with E-state index in [4.69, 9.17) is 0 Å². The van der Waals surface area contributed by atoms with Crippen molar-refractivity contribution in [2.75, 3.05) is 18.1 Å². The van der Waals surface area contributed by atoms with E-state index in [1.165, 1.54) is 12.1 Å². The van der Waals surface area contributed by atoms with Gasteiger partial charge < -0.3 is 10.2 Å².